The van der Waals surface area contributed by atoms with Gasteiger partial charge in [0.1, 0.15) is 5.82 Å². The highest BCUT2D eigenvalue weighted by Gasteiger charge is 2.17. The van der Waals surface area contributed by atoms with Gasteiger partial charge in [0.25, 0.3) is 11.5 Å². The minimum Gasteiger partial charge on any atom is -0.504 e. The molecule has 5 N–H and O–H groups in total. The second-order valence-electron chi connectivity index (χ2n) is 8.12. The van der Waals surface area contributed by atoms with Crippen LogP contribution in [0, 0.1) is 11.8 Å². The molecule has 0 aliphatic rings. The largest absolute Gasteiger partial charge is 0.504 e. The highest BCUT2D eigenvalue weighted by atomic mass is 16.5. The van der Waals surface area contributed by atoms with Gasteiger partial charge >= 0.3 is 0 Å². The SMILES string of the molecule is COc1c(O)cccc1-c1ccc2c(NCc3ccccn3)nc3c(C#CC(N)=O)c[nH]c(=O)c3c2c1. The first-order valence-electron chi connectivity index (χ1n) is 11.3. The van der Waals surface area contributed by atoms with Crippen LogP contribution in [-0.2, 0) is 11.3 Å². The molecule has 0 aliphatic carbocycles. The normalized spacial score (nSPS) is 10.6. The quantitative estimate of drug-likeness (QED) is 0.218. The molecule has 0 aliphatic heterocycles. The number of ether oxygens (including phenoxy) is 1. The molecule has 182 valence electrons. The Balaban J connectivity index is 1.79. The Kier molecular flexibility index (Phi) is 6.14. The number of nitrogens with two attached hydrogens (primary N) is 1. The van der Waals surface area contributed by atoms with Gasteiger partial charge in [0.2, 0.25) is 0 Å². The third-order valence-corrected chi connectivity index (χ3v) is 5.83. The van der Waals surface area contributed by atoms with E-state index in [1.54, 1.807) is 12.3 Å². The Morgan fingerprint density at radius 3 is 2.78 bits per heavy atom. The average molecular weight is 492 g/mol. The van der Waals surface area contributed by atoms with E-state index in [1.807, 2.05) is 42.5 Å². The van der Waals surface area contributed by atoms with Crippen molar-refractivity contribution in [3.05, 3.63) is 88.6 Å². The third kappa shape index (κ3) is 4.51. The molecule has 3 aromatic heterocycles. The van der Waals surface area contributed by atoms with Gasteiger partial charge in [0, 0.05) is 34.7 Å². The number of anilines is 1. The molecule has 0 atom stereocenters. The molecule has 0 saturated heterocycles. The summed E-state index contributed by atoms with van der Waals surface area (Å²) in [5.74, 6) is 5.04. The number of H-pyrrole nitrogens is 1. The predicted octanol–water partition coefficient (Wildman–Crippen LogP) is 3.30. The van der Waals surface area contributed by atoms with Crippen molar-refractivity contribution in [3.63, 3.8) is 0 Å². The van der Waals surface area contributed by atoms with E-state index in [1.165, 1.54) is 19.4 Å². The van der Waals surface area contributed by atoms with Crippen LogP contribution >= 0.6 is 0 Å². The number of nitrogens with zero attached hydrogens (tertiary/aromatic N) is 2. The fourth-order valence-corrected chi connectivity index (χ4v) is 4.19. The van der Waals surface area contributed by atoms with Crippen molar-refractivity contribution in [3.8, 4) is 34.5 Å². The van der Waals surface area contributed by atoms with Crippen molar-refractivity contribution in [1.82, 2.24) is 15.0 Å². The molecule has 37 heavy (non-hydrogen) atoms. The first kappa shape index (κ1) is 23.4. The lowest BCUT2D eigenvalue weighted by Gasteiger charge is -2.15. The molecule has 3 heterocycles. The summed E-state index contributed by atoms with van der Waals surface area (Å²) in [5, 5.41) is 15.2. The Labute approximate surface area is 211 Å². The zero-order valence-electron chi connectivity index (χ0n) is 19.7. The molecule has 9 nitrogen and oxygen atoms in total. The highest BCUT2D eigenvalue weighted by Crippen LogP contribution is 2.39. The van der Waals surface area contributed by atoms with E-state index in [-0.39, 0.29) is 11.3 Å². The molecule has 1 amide bonds. The molecule has 0 fully saturated rings. The molecule has 0 unspecified atom stereocenters. The van der Waals surface area contributed by atoms with Crippen molar-refractivity contribution in [2.24, 2.45) is 5.73 Å². The van der Waals surface area contributed by atoms with Crippen LogP contribution in [0.2, 0.25) is 0 Å². The number of fused-ring (bicyclic) bond motifs is 3. The lowest BCUT2D eigenvalue weighted by Crippen LogP contribution is -2.11. The summed E-state index contributed by atoms with van der Waals surface area (Å²) in [7, 11) is 1.48. The number of aromatic amines is 1. The molecule has 2 aromatic carbocycles. The number of hydrogen-bond acceptors (Lipinski definition) is 7. The van der Waals surface area contributed by atoms with E-state index in [4.69, 9.17) is 15.5 Å². The molecule has 5 rings (SSSR count). The van der Waals surface area contributed by atoms with E-state index < -0.39 is 5.91 Å². The fourth-order valence-electron chi connectivity index (χ4n) is 4.19. The third-order valence-electron chi connectivity index (χ3n) is 5.83. The number of carbonyl (C=O) groups is 1. The second-order valence-corrected chi connectivity index (χ2v) is 8.12. The first-order valence-corrected chi connectivity index (χ1v) is 11.3. The topological polar surface area (TPSA) is 143 Å². The molecule has 0 radical (unpaired) electrons. The molecular weight excluding hydrogens is 470 g/mol. The van der Waals surface area contributed by atoms with Crippen molar-refractivity contribution >= 4 is 33.4 Å². The van der Waals surface area contributed by atoms with Gasteiger partial charge in [-0.1, -0.05) is 36.3 Å². The summed E-state index contributed by atoms with van der Waals surface area (Å²) in [5.41, 5.74) is 7.68. The molecule has 0 bridgehead atoms. The van der Waals surface area contributed by atoms with Crippen molar-refractivity contribution < 1.29 is 14.6 Å². The summed E-state index contributed by atoms with van der Waals surface area (Å²) < 4.78 is 5.43. The zero-order valence-corrected chi connectivity index (χ0v) is 19.7. The number of nitrogens with one attached hydrogen (secondary N) is 2. The summed E-state index contributed by atoms with van der Waals surface area (Å²) in [6.45, 7) is 0.391. The smallest absolute Gasteiger partial charge is 0.293 e. The molecule has 9 heteroatoms. The maximum Gasteiger partial charge on any atom is 0.293 e. The number of aromatic nitrogens is 3. The maximum atomic E-state index is 13.1. The molecule has 0 saturated carbocycles. The summed E-state index contributed by atoms with van der Waals surface area (Å²) in [6.07, 6.45) is 3.11. The lowest BCUT2D eigenvalue weighted by molar-refractivity contribution is -0.112. The van der Waals surface area contributed by atoms with Gasteiger partial charge in [-0.05, 0) is 29.8 Å². The monoisotopic (exact) mass is 491 g/mol. The van der Waals surface area contributed by atoms with Gasteiger partial charge in [-0.15, -0.1) is 0 Å². The summed E-state index contributed by atoms with van der Waals surface area (Å²) in [4.78, 5) is 36.1. The van der Waals surface area contributed by atoms with Gasteiger partial charge in [-0.25, -0.2) is 4.98 Å². The number of phenolic OH excluding ortho intramolecular Hbond substituents is 1. The zero-order chi connectivity index (χ0) is 25.9. The Hall–Kier alpha value is -5.36. The second kappa shape index (κ2) is 9.71. The Morgan fingerprint density at radius 1 is 1.16 bits per heavy atom. The molecule has 5 aromatic rings. The standard InChI is InChI=1S/C28H21N5O4/c1-37-26-19(6-4-7-22(26)34)16-8-10-20-21(13-16)24-25(17(9-11-23(29)35)14-32-28(24)36)33-27(20)31-15-18-5-2-3-12-30-18/h2-8,10,12-14,34H,15H2,1H3,(H2,29,35)(H,31,33)(H,32,36). The number of para-hydroxylation sites is 1. The number of rotatable bonds is 5. The van der Waals surface area contributed by atoms with Crippen LogP contribution in [-0.4, -0.2) is 33.1 Å². The number of pyridine rings is 3. The number of primary amides is 1. The van der Waals surface area contributed by atoms with E-state index in [0.717, 1.165) is 11.3 Å². The van der Waals surface area contributed by atoms with Crippen LogP contribution in [0.5, 0.6) is 11.5 Å². The van der Waals surface area contributed by atoms with Crippen LogP contribution in [0.25, 0.3) is 32.8 Å². The van der Waals surface area contributed by atoms with Crippen molar-refractivity contribution in [1.29, 1.82) is 0 Å². The van der Waals surface area contributed by atoms with Crippen LogP contribution in [0.3, 0.4) is 0 Å². The predicted molar refractivity (Wildman–Crippen MR) is 141 cm³/mol. The first-order chi connectivity index (χ1) is 18.0. The maximum absolute atomic E-state index is 13.1. The number of methoxy groups -OCH3 is 1. The van der Waals surface area contributed by atoms with E-state index in [2.05, 4.69) is 27.1 Å². The number of aromatic hydroxyl groups is 1. The minimum atomic E-state index is -0.799. The average Bonchev–Trinajstić information content (AvgIpc) is 2.91. The van der Waals surface area contributed by atoms with Gasteiger partial charge < -0.3 is 25.9 Å². The van der Waals surface area contributed by atoms with Crippen LogP contribution in [0.1, 0.15) is 11.3 Å². The van der Waals surface area contributed by atoms with Gasteiger partial charge in [-0.2, -0.15) is 0 Å². The molecule has 0 spiro atoms. The van der Waals surface area contributed by atoms with E-state index >= 15 is 0 Å². The fraction of sp³-hybridized carbons (Fsp3) is 0.0714. The van der Waals surface area contributed by atoms with Gasteiger partial charge in [-0.3, -0.25) is 14.6 Å². The van der Waals surface area contributed by atoms with E-state index in [9.17, 15) is 14.7 Å². The minimum absolute atomic E-state index is 0.000685. The number of phenols is 1. The van der Waals surface area contributed by atoms with Gasteiger partial charge in [0.05, 0.1) is 35.8 Å². The summed E-state index contributed by atoms with van der Waals surface area (Å²) in [6, 6.07) is 16.2. The Bertz CT molecular complexity index is 1790. The number of carbonyl (C=O) groups excluding carboxylic acids is 1. The number of hydrogen-bond donors (Lipinski definition) is 4. The Morgan fingerprint density at radius 2 is 2.03 bits per heavy atom. The highest BCUT2D eigenvalue weighted by molar-refractivity contribution is 6.12. The van der Waals surface area contributed by atoms with Crippen molar-refractivity contribution in [2.75, 3.05) is 12.4 Å². The van der Waals surface area contributed by atoms with Crippen LogP contribution in [0.15, 0.2) is 71.8 Å². The van der Waals surface area contributed by atoms with E-state index in [0.29, 0.717) is 50.9 Å². The lowest BCUT2D eigenvalue weighted by atomic mass is 9.98. The van der Waals surface area contributed by atoms with Crippen LogP contribution in [0.4, 0.5) is 5.82 Å². The number of amides is 1. The summed E-state index contributed by atoms with van der Waals surface area (Å²) >= 11 is 0. The van der Waals surface area contributed by atoms with Gasteiger partial charge in [0.15, 0.2) is 11.5 Å². The van der Waals surface area contributed by atoms with Crippen LogP contribution < -0.4 is 21.3 Å². The van der Waals surface area contributed by atoms with Crippen molar-refractivity contribution in [2.45, 2.75) is 6.54 Å². The molecular formula is C28H21N5O4. The number of benzene rings is 2.